The van der Waals surface area contributed by atoms with Crippen LogP contribution in [0, 0.1) is 0 Å². The van der Waals surface area contributed by atoms with E-state index in [2.05, 4.69) is 24.1 Å². The number of nitrogens with two attached hydrogens (primary N) is 1. The average molecular weight is 428 g/mol. The molecule has 0 aliphatic rings. The number of hydrogen-bond acceptors (Lipinski definition) is 4. The zero-order valence-electron chi connectivity index (χ0n) is 16.5. The second-order valence-electron chi connectivity index (χ2n) is 6.17. The number of nitrogens with zero attached hydrogens (tertiary/aromatic N) is 1. The highest BCUT2D eigenvalue weighted by Crippen LogP contribution is 2.18. The molecule has 7 heteroatoms. The Kier molecular flexibility index (Phi) is 13.3. The number of hydrogen-bond donors (Lipinski definition) is 2. The van der Waals surface area contributed by atoms with E-state index in [0.717, 1.165) is 36.6 Å². The molecule has 0 aromatic heterocycles. The Bertz CT molecular complexity index is 665. The second-order valence-corrected chi connectivity index (χ2v) is 6.17. The van der Waals surface area contributed by atoms with Gasteiger partial charge in [0, 0.05) is 24.7 Å². The van der Waals surface area contributed by atoms with Crippen molar-refractivity contribution in [2.75, 3.05) is 31.6 Å². The van der Waals surface area contributed by atoms with Crippen molar-refractivity contribution >= 4 is 36.4 Å². The van der Waals surface area contributed by atoms with E-state index in [1.54, 1.807) is 0 Å². The Balaban J connectivity index is 0.00000364. The minimum Gasteiger partial charge on any atom is -0.492 e. The van der Waals surface area contributed by atoms with Gasteiger partial charge in [-0.25, -0.2) is 0 Å². The summed E-state index contributed by atoms with van der Waals surface area (Å²) in [5, 5.41) is 2.88. The van der Waals surface area contributed by atoms with E-state index in [0.29, 0.717) is 6.61 Å². The van der Waals surface area contributed by atoms with E-state index >= 15 is 0 Å². The zero-order chi connectivity index (χ0) is 18.8. The number of rotatable bonds is 10. The van der Waals surface area contributed by atoms with Crippen LogP contribution in [0.25, 0.3) is 0 Å². The number of nitrogens with one attached hydrogen (secondary N) is 1. The molecule has 156 valence electrons. The van der Waals surface area contributed by atoms with Crippen LogP contribution in [-0.2, 0) is 4.79 Å². The first-order valence-electron chi connectivity index (χ1n) is 9.18. The largest absolute Gasteiger partial charge is 0.492 e. The molecule has 0 fully saturated rings. The van der Waals surface area contributed by atoms with Crippen LogP contribution in [0.4, 0.5) is 5.69 Å². The Hall–Kier alpha value is -1.79. The average Bonchev–Trinajstić information content (AvgIpc) is 2.67. The Labute approximate surface area is 180 Å². The third kappa shape index (κ3) is 8.93. The lowest BCUT2D eigenvalue weighted by Crippen LogP contribution is -2.27. The lowest BCUT2D eigenvalue weighted by Gasteiger charge is -2.18. The maximum Gasteiger partial charge on any atom is 0.226 e. The number of benzene rings is 2. The third-order valence-corrected chi connectivity index (χ3v) is 4.34. The normalized spacial score (nSPS) is 11.1. The van der Waals surface area contributed by atoms with Crippen molar-refractivity contribution < 1.29 is 9.53 Å². The molecule has 0 bridgehead atoms. The van der Waals surface area contributed by atoms with E-state index in [-0.39, 0.29) is 43.2 Å². The molecule has 0 aliphatic heterocycles. The summed E-state index contributed by atoms with van der Waals surface area (Å²) in [6, 6.07) is 16.8. The summed E-state index contributed by atoms with van der Waals surface area (Å²) in [7, 11) is 0. The van der Waals surface area contributed by atoms with E-state index in [4.69, 9.17) is 10.5 Å². The van der Waals surface area contributed by atoms with Crippen molar-refractivity contribution in [2.45, 2.75) is 26.3 Å². The molecule has 5 nitrogen and oxygen atoms in total. The maximum absolute atomic E-state index is 12.2. The van der Waals surface area contributed by atoms with Crippen molar-refractivity contribution in [1.29, 1.82) is 0 Å². The summed E-state index contributed by atoms with van der Waals surface area (Å²) >= 11 is 0. The lowest BCUT2D eigenvalue weighted by molar-refractivity contribution is -0.116. The van der Waals surface area contributed by atoms with Crippen LogP contribution in [0.2, 0.25) is 0 Å². The minimum absolute atomic E-state index is 0. The molecular formula is C21H31Cl2N3O2. The highest BCUT2D eigenvalue weighted by atomic mass is 35.5. The van der Waals surface area contributed by atoms with Crippen LogP contribution < -0.4 is 15.8 Å². The van der Waals surface area contributed by atoms with Crippen molar-refractivity contribution in [3.8, 4) is 5.75 Å². The molecule has 28 heavy (non-hydrogen) atoms. The Morgan fingerprint density at radius 1 is 1.04 bits per heavy atom. The molecule has 0 aliphatic carbocycles. The fraction of sp³-hybridized carbons (Fsp3) is 0.381. The topological polar surface area (TPSA) is 67.6 Å². The number of amides is 1. The molecule has 2 aromatic rings. The van der Waals surface area contributed by atoms with Gasteiger partial charge in [0.15, 0.2) is 0 Å². The Morgan fingerprint density at radius 3 is 2.21 bits per heavy atom. The Morgan fingerprint density at radius 2 is 1.64 bits per heavy atom. The molecule has 2 aromatic carbocycles. The van der Waals surface area contributed by atoms with Crippen LogP contribution in [-0.4, -0.2) is 37.0 Å². The van der Waals surface area contributed by atoms with Crippen LogP contribution in [0.15, 0.2) is 54.6 Å². The first-order valence-corrected chi connectivity index (χ1v) is 9.18. The fourth-order valence-electron chi connectivity index (χ4n) is 2.70. The van der Waals surface area contributed by atoms with Crippen molar-refractivity contribution in [3.05, 3.63) is 60.2 Å². The molecule has 0 saturated carbocycles. The third-order valence-electron chi connectivity index (χ3n) is 4.34. The van der Waals surface area contributed by atoms with Crippen molar-refractivity contribution in [2.24, 2.45) is 5.73 Å². The van der Waals surface area contributed by atoms with Gasteiger partial charge in [-0.3, -0.25) is 4.79 Å². The molecule has 0 saturated heterocycles. The molecule has 0 spiro atoms. The number of carbonyl (C=O) groups is 1. The van der Waals surface area contributed by atoms with Gasteiger partial charge < -0.3 is 20.7 Å². The van der Waals surface area contributed by atoms with Gasteiger partial charge in [-0.1, -0.05) is 44.2 Å². The lowest BCUT2D eigenvalue weighted by atomic mass is 10.0. The van der Waals surface area contributed by atoms with Gasteiger partial charge in [0.2, 0.25) is 5.91 Å². The van der Waals surface area contributed by atoms with Crippen LogP contribution in [0.1, 0.15) is 31.9 Å². The second kappa shape index (κ2) is 14.2. The van der Waals surface area contributed by atoms with E-state index in [1.165, 1.54) is 0 Å². The maximum atomic E-state index is 12.2. The van der Waals surface area contributed by atoms with Crippen LogP contribution >= 0.6 is 24.8 Å². The summed E-state index contributed by atoms with van der Waals surface area (Å²) < 4.78 is 5.75. The zero-order valence-corrected chi connectivity index (χ0v) is 18.1. The highest BCUT2D eigenvalue weighted by Gasteiger charge is 2.11. The molecule has 0 radical (unpaired) electrons. The molecule has 1 amide bonds. The van der Waals surface area contributed by atoms with E-state index < -0.39 is 0 Å². The van der Waals surface area contributed by atoms with Gasteiger partial charge in [0.1, 0.15) is 12.4 Å². The summed E-state index contributed by atoms with van der Waals surface area (Å²) in [6.07, 6.45) is 0.242. The molecule has 2 rings (SSSR count). The monoisotopic (exact) mass is 427 g/mol. The number of ether oxygens (including phenoxy) is 1. The highest BCUT2D eigenvalue weighted by molar-refractivity contribution is 5.91. The summed E-state index contributed by atoms with van der Waals surface area (Å²) in [4.78, 5) is 14.5. The first-order chi connectivity index (χ1) is 12.6. The summed E-state index contributed by atoms with van der Waals surface area (Å²) in [5.74, 6) is 0.702. The quantitative estimate of drug-likeness (QED) is 0.593. The molecule has 3 N–H and O–H groups in total. The predicted molar refractivity (Wildman–Crippen MR) is 121 cm³/mol. The van der Waals surface area contributed by atoms with Crippen molar-refractivity contribution in [3.63, 3.8) is 0 Å². The molecular weight excluding hydrogens is 397 g/mol. The first kappa shape index (κ1) is 26.2. The van der Waals surface area contributed by atoms with Gasteiger partial charge in [-0.2, -0.15) is 0 Å². The fourth-order valence-corrected chi connectivity index (χ4v) is 2.70. The van der Waals surface area contributed by atoms with Crippen molar-refractivity contribution in [1.82, 2.24) is 4.90 Å². The molecule has 0 heterocycles. The predicted octanol–water partition coefficient (Wildman–Crippen LogP) is 4.28. The van der Waals surface area contributed by atoms with Gasteiger partial charge in [-0.15, -0.1) is 24.8 Å². The number of likely N-dealkylation sites (N-methyl/N-ethyl adjacent to an activating group) is 1. The van der Waals surface area contributed by atoms with E-state index in [1.807, 2.05) is 54.6 Å². The number of carbonyl (C=O) groups excluding carboxylic acids is 1. The van der Waals surface area contributed by atoms with Crippen LogP contribution in [0.5, 0.6) is 5.75 Å². The molecule has 1 atom stereocenters. The summed E-state index contributed by atoms with van der Waals surface area (Å²) in [5.41, 5.74) is 7.79. The minimum atomic E-state index is -0.307. The van der Waals surface area contributed by atoms with Crippen LogP contribution in [0.3, 0.4) is 0 Å². The van der Waals surface area contributed by atoms with Gasteiger partial charge in [-0.05, 0) is 42.9 Å². The van der Waals surface area contributed by atoms with E-state index in [9.17, 15) is 4.79 Å². The molecule has 1 unspecified atom stereocenters. The van der Waals surface area contributed by atoms with Gasteiger partial charge >= 0.3 is 0 Å². The number of halogens is 2. The van der Waals surface area contributed by atoms with Gasteiger partial charge in [0.05, 0.1) is 0 Å². The SMILES string of the molecule is CCN(CC)CCOc1ccc(NC(=O)CC(N)c2ccccc2)cc1.Cl.Cl. The summed E-state index contributed by atoms with van der Waals surface area (Å²) in [6.45, 7) is 7.89. The van der Waals surface area contributed by atoms with Gasteiger partial charge in [0.25, 0.3) is 0 Å². The smallest absolute Gasteiger partial charge is 0.226 e. The standard InChI is InChI=1S/C21H29N3O2.2ClH/c1-3-24(4-2)14-15-26-19-12-10-18(11-13-19)23-21(25)16-20(22)17-8-6-5-7-9-17;;/h5-13,20H,3-4,14-16,22H2,1-2H3,(H,23,25);2*1H. The number of anilines is 1.